The molecule has 0 aliphatic rings. The quantitative estimate of drug-likeness (QED) is 0.629. The molecule has 0 N–H and O–H groups in total. The normalized spacial score (nSPS) is 9.43. The van der Waals surface area contributed by atoms with Crippen LogP contribution >= 0.6 is 0 Å². The molecule has 0 heterocycles. The molecule has 0 aromatic heterocycles. The Morgan fingerprint density at radius 1 is 1.07 bits per heavy atom. The van der Waals surface area contributed by atoms with E-state index >= 15 is 0 Å². The maximum absolute atomic E-state index is 10.1. The number of carbonyl (C=O) groups is 2. The summed E-state index contributed by atoms with van der Waals surface area (Å²) in [7, 11) is 0. The number of hydrogen-bond acceptors (Lipinski definition) is 4. The Morgan fingerprint density at radius 2 is 1.29 bits per heavy atom. The van der Waals surface area contributed by atoms with Crippen LogP contribution in [0.4, 0.5) is 0 Å². The van der Waals surface area contributed by atoms with E-state index < -0.39 is 17.4 Å². The molecule has 14 heavy (non-hydrogen) atoms. The van der Waals surface area contributed by atoms with Crippen molar-refractivity contribution < 1.29 is 19.8 Å². The zero-order valence-corrected chi connectivity index (χ0v) is 11.9. The molecular weight excluding hydrogens is 291 g/mol. The first-order valence-corrected chi connectivity index (χ1v) is 9.94. The predicted molar refractivity (Wildman–Crippen MR) is 50.5 cm³/mol. The first-order valence-electron chi connectivity index (χ1n) is 4.23. The van der Waals surface area contributed by atoms with E-state index in [1.54, 1.807) is 13.8 Å². The van der Waals surface area contributed by atoms with E-state index in [2.05, 4.69) is 9.88 Å². The second-order valence-corrected chi connectivity index (χ2v) is 6.62. The number of carboxylic acid groups (broad SMARTS) is 2. The Balaban J connectivity index is 0. The van der Waals surface area contributed by atoms with E-state index in [0.717, 1.165) is 0 Å². The van der Waals surface area contributed by atoms with Crippen LogP contribution in [0.1, 0.15) is 26.7 Å². The summed E-state index contributed by atoms with van der Waals surface area (Å²) >= 11 is 0.230. The van der Waals surface area contributed by atoms with E-state index in [9.17, 15) is 19.8 Å². The molecule has 4 nitrogen and oxygen atoms in total. The summed E-state index contributed by atoms with van der Waals surface area (Å²) < 4.78 is 0. The monoisotopic (exact) mass is 308 g/mol. The van der Waals surface area contributed by atoms with Crippen molar-refractivity contribution in [2.75, 3.05) is 0 Å². The number of rotatable bonds is 4. The molecular formula is C9H16O4Sn. The van der Waals surface area contributed by atoms with Gasteiger partial charge in [-0.1, -0.05) is 13.8 Å². The van der Waals surface area contributed by atoms with E-state index in [0.29, 0.717) is 0 Å². The number of hydrogen-bond donors (Lipinski definition) is 0. The molecule has 0 aliphatic heterocycles. The molecule has 0 fully saturated rings. The van der Waals surface area contributed by atoms with Crippen molar-refractivity contribution in [2.24, 2.45) is 5.41 Å². The third-order valence-electron chi connectivity index (χ3n) is 1.25. The minimum absolute atomic E-state index is 0.230. The average Bonchev–Trinajstić information content (AvgIpc) is 1.80. The van der Waals surface area contributed by atoms with Crippen LogP contribution in [0.2, 0.25) is 9.88 Å². The van der Waals surface area contributed by atoms with Gasteiger partial charge in [0.05, 0.1) is 0 Å². The summed E-state index contributed by atoms with van der Waals surface area (Å²) in [5, 5.41) is 20.1. The third kappa shape index (κ3) is 14.3. The molecule has 5 heteroatoms. The van der Waals surface area contributed by atoms with Gasteiger partial charge in [0.15, 0.2) is 0 Å². The molecule has 0 spiro atoms. The molecule has 0 unspecified atom stereocenters. The SMILES string of the molecule is CC(C)(CC(=O)[O-])CC(=O)[O-].[CH3][Sn+2][CH3]. The second-order valence-electron chi connectivity index (χ2n) is 3.76. The van der Waals surface area contributed by atoms with Crippen molar-refractivity contribution in [3.05, 3.63) is 0 Å². The first-order chi connectivity index (χ1) is 6.25. The topological polar surface area (TPSA) is 80.3 Å². The Labute approximate surface area is 94.9 Å². The van der Waals surface area contributed by atoms with Gasteiger partial charge in [0, 0.05) is 11.9 Å². The number of aliphatic carboxylic acids is 2. The summed E-state index contributed by atoms with van der Waals surface area (Å²) in [4.78, 5) is 24.7. The maximum atomic E-state index is 10.1. The van der Waals surface area contributed by atoms with E-state index in [1.165, 1.54) is 0 Å². The fourth-order valence-corrected chi connectivity index (χ4v) is 0.844. The molecule has 80 valence electrons. The van der Waals surface area contributed by atoms with Crippen molar-refractivity contribution in [2.45, 2.75) is 36.6 Å². The molecule has 0 saturated heterocycles. The molecule has 0 aromatic carbocycles. The fraction of sp³-hybridized carbons (Fsp3) is 0.778. The Morgan fingerprint density at radius 3 is 1.43 bits per heavy atom. The third-order valence-corrected chi connectivity index (χ3v) is 1.25. The zero-order chi connectivity index (χ0) is 11.8. The van der Waals surface area contributed by atoms with Crippen LogP contribution in [0.25, 0.3) is 0 Å². The molecule has 0 bridgehead atoms. The summed E-state index contributed by atoms with van der Waals surface area (Å²) in [6.45, 7) is 3.08. The van der Waals surface area contributed by atoms with Gasteiger partial charge in [-0.3, -0.25) is 0 Å². The molecule has 0 saturated carbocycles. The van der Waals surface area contributed by atoms with Gasteiger partial charge in [0.25, 0.3) is 0 Å². The number of carboxylic acids is 2. The molecule has 0 rings (SSSR count). The van der Waals surface area contributed by atoms with Gasteiger partial charge in [0.2, 0.25) is 0 Å². The van der Waals surface area contributed by atoms with Gasteiger partial charge in [-0.15, -0.1) is 0 Å². The van der Waals surface area contributed by atoms with Crippen molar-refractivity contribution in [1.29, 1.82) is 0 Å². The summed E-state index contributed by atoms with van der Waals surface area (Å²) in [6, 6.07) is 0. The Kier molecular flexibility index (Phi) is 9.34. The van der Waals surface area contributed by atoms with Crippen LogP contribution in [-0.4, -0.2) is 33.1 Å². The van der Waals surface area contributed by atoms with E-state index in [-0.39, 0.29) is 34.0 Å². The molecule has 0 atom stereocenters. The van der Waals surface area contributed by atoms with Crippen molar-refractivity contribution in [1.82, 2.24) is 0 Å². The summed E-state index contributed by atoms with van der Waals surface area (Å²) in [5.41, 5.74) is -0.780. The average molecular weight is 307 g/mol. The number of carbonyl (C=O) groups excluding carboxylic acids is 2. The van der Waals surface area contributed by atoms with Crippen LogP contribution in [0.3, 0.4) is 0 Å². The Hall–Kier alpha value is -0.261. The minimum atomic E-state index is -1.24. The van der Waals surface area contributed by atoms with E-state index in [4.69, 9.17) is 0 Å². The molecule has 0 amide bonds. The summed E-state index contributed by atoms with van der Waals surface area (Å²) in [6.07, 6.45) is -0.526. The van der Waals surface area contributed by atoms with Gasteiger partial charge >= 0.3 is 31.0 Å². The molecule has 0 aromatic rings. The Bertz CT molecular complexity index is 171. The molecule has 0 radical (unpaired) electrons. The van der Waals surface area contributed by atoms with Gasteiger partial charge in [-0.2, -0.15) is 0 Å². The van der Waals surface area contributed by atoms with Gasteiger partial charge in [0.1, 0.15) is 0 Å². The van der Waals surface area contributed by atoms with Crippen LogP contribution in [0, 0.1) is 5.41 Å². The standard InChI is InChI=1S/C7H12O4.2CH3.Sn/c1-7(2,3-5(8)9)4-6(10)11;;;/h3-4H2,1-2H3,(H,8,9)(H,10,11);2*1H3;/q;;;+2/p-2. The van der Waals surface area contributed by atoms with E-state index in [1.807, 2.05) is 0 Å². The molecule has 0 aliphatic carbocycles. The first kappa shape index (κ1) is 16.2. The van der Waals surface area contributed by atoms with Gasteiger partial charge < -0.3 is 19.8 Å². The van der Waals surface area contributed by atoms with Crippen molar-refractivity contribution >= 4 is 33.1 Å². The van der Waals surface area contributed by atoms with Crippen molar-refractivity contribution in [3.63, 3.8) is 0 Å². The van der Waals surface area contributed by atoms with Crippen LogP contribution < -0.4 is 10.2 Å². The van der Waals surface area contributed by atoms with Crippen LogP contribution in [0.15, 0.2) is 0 Å². The van der Waals surface area contributed by atoms with Gasteiger partial charge in [-0.25, -0.2) is 0 Å². The van der Waals surface area contributed by atoms with Crippen LogP contribution in [-0.2, 0) is 9.59 Å². The van der Waals surface area contributed by atoms with Crippen LogP contribution in [0.5, 0.6) is 0 Å². The summed E-state index contributed by atoms with van der Waals surface area (Å²) in [5.74, 6) is -2.48. The van der Waals surface area contributed by atoms with Crippen molar-refractivity contribution in [3.8, 4) is 0 Å². The second kappa shape index (κ2) is 8.08. The fourth-order valence-electron chi connectivity index (χ4n) is 0.844. The predicted octanol–water partition coefficient (Wildman–Crippen LogP) is -0.921. The zero-order valence-electron chi connectivity index (χ0n) is 9.05. The van der Waals surface area contributed by atoms with Gasteiger partial charge in [-0.05, 0) is 18.3 Å².